The van der Waals surface area contributed by atoms with Crippen LogP contribution in [-0.4, -0.2) is 14.8 Å². The van der Waals surface area contributed by atoms with E-state index in [1.165, 1.54) is 12.3 Å². The van der Waals surface area contributed by atoms with Crippen LogP contribution in [0, 0.1) is 5.82 Å². The van der Waals surface area contributed by atoms with Gasteiger partial charge >= 0.3 is 0 Å². The van der Waals surface area contributed by atoms with Gasteiger partial charge < -0.3 is 5.73 Å². The van der Waals surface area contributed by atoms with Crippen LogP contribution in [0.1, 0.15) is 50.0 Å². The highest BCUT2D eigenvalue weighted by atomic mass is 19.1. The molecule has 0 radical (unpaired) electrons. The van der Waals surface area contributed by atoms with Crippen LogP contribution in [0.4, 0.5) is 4.39 Å². The first-order valence-corrected chi connectivity index (χ1v) is 7.04. The zero-order chi connectivity index (χ0) is 14.5. The molecule has 2 aromatic rings. The summed E-state index contributed by atoms with van der Waals surface area (Å²) in [6.45, 7) is 4.30. The van der Waals surface area contributed by atoms with Crippen molar-refractivity contribution in [3.8, 4) is 0 Å². The lowest BCUT2D eigenvalue weighted by Crippen LogP contribution is -2.15. The molecule has 0 saturated carbocycles. The van der Waals surface area contributed by atoms with E-state index in [9.17, 15) is 4.39 Å². The number of halogens is 1. The van der Waals surface area contributed by atoms with Gasteiger partial charge in [0.2, 0.25) is 0 Å². The van der Waals surface area contributed by atoms with Crippen molar-refractivity contribution in [2.45, 2.75) is 45.2 Å². The van der Waals surface area contributed by atoms with Crippen LogP contribution in [0.15, 0.2) is 30.7 Å². The van der Waals surface area contributed by atoms with Gasteiger partial charge in [-0.15, -0.1) is 0 Å². The van der Waals surface area contributed by atoms with E-state index in [-0.39, 0.29) is 11.9 Å². The maximum Gasteiger partial charge on any atom is 0.141 e. The fourth-order valence-corrected chi connectivity index (χ4v) is 2.33. The van der Waals surface area contributed by atoms with Gasteiger partial charge in [0, 0.05) is 24.9 Å². The van der Waals surface area contributed by atoms with Crippen LogP contribution < -0.4 is 5.73 Å². The number of hydrogen-bond donors (Lipinski definition) is 1. The van der Waals surface area contributed by atoms with E-state index in [2.05, 4.69) is 23.9 Å². The number of nitrogens with two attached hydrogens (primary N) is 1. The number of pyridine rings is 1. The number of rotatable bonds is 6. The highest BCUT2D eigenvalue weighted by molar-refractivity contribution is 5.17. The van der Waals surface area contributed by atoms with Gasteiger partial charge in [-0.3, -0.25) is 9.67 Å². The molecule has 2 rings (SSSR count). The third-order valence-corrected chi connectivity index (χ3v) is 3.56. The summed E-state index contributed by atoms with van der Waals surface area (Å²) in [5.41, 5.74) is 7.71. The Kier molecular flexibility index (Phi) is 4.84. The topological polar surface area (TPSA) is 56.7 Å². The molecule has 1 unspecified atom stereocenters. The minimum absolute atomic E-state index is 0.289. The molecular formula is C15H21FN4. The number of aromatic nitrogens is 3. The van der Waals surface area contributed by atoms with Crippen molar-refractivity contribution in [1.29, 1.82) is 0 Å². The third-order valence-electron chi connectivity index (χ3n) is 3.56. The largest absolute Gasteiger partial charge is 0.324 e. The van der Waals surface area contributed by atoms with E-state index in [1.54, 1.807) is 6.20 Å². The van der Waals surface area contributed by atoms with Gasteiger partial charge in [0.15, 0.2) is 0 Å². The molecule has 108 valence electrons. The van der Waals surface area contributed by atoms with E-state index < -0.39 is 0 Å². The summed E-state index contributed by atoms with van der Waals surface area (Å²) in [5.74, 6) is -0.361. The summed E-state index contributed by atoms with van der Waals surface area (Å²) in [5, 5.41) is 4.56. The van der Waals surface area contributed by atoms with Crippen molar-refractivity contribution in [2.75, 3.05) is 0 Å². The van der Waals surface area contributed by atoms with Crippen LogP contribution in [0.3, 0.4) is 0 Å². The van der Waals surface area contributed by atoms with E-state index in [0.717, 1.165) is 18.5 Å². The lowest BCUT2D eigenvalue weighted by molar-refractivity contribution is 0.424. The molecule has 20 heavy (non-hydrogen) atoms. The minimum atomic E-state index is -0.361. The Morgan fingerprint density at radius 2 is 2.05 bits per heavy atom. The summed E-state index contributed by atoms with van der Waals surface area (Å²) in [6.07, 6.45) is 7.46. The van der Waals surface area contributed by atoms with Crippen molar-refractivity contribution in [1.82, 2.24) is 14.8 Å². The minimum Gasteiger partial charge on any atom is -0.324 e. The highest BCUT2D eigenvalue weighted by Crippen LogP contribution is 2.18. The SMILES string of the molecule is CCC(CC)n1ccc(CC(N)c2cncc(F)c2)n1. The molecule has 0 aromatic carbocycles. The molecule has 2 N–H and O–H groups in total. The van der Waals surface area contributed by atoms with Crippen LogP contribution >= 0.6 is 0 Å². The molecule has 0 saturated heterocycles. The molecule has 0 spiro atoms. The van der Waals surface area contributed by atoms with Crippen molar-refractivity contribution in [2.24, 2.45) is 5.73 Å². The fraction of sp³-hybridized carbons (Fsp3) is 0.467. The van der Waals surface area contributed by atoms with Crippen molar-refractivity contribution in [3.63, 3.8) is 0 Å². The first kappa shape index (κ1) is 14.7. The van der Waals surface area contributed by atoms with Crippen LogP contribution in [0.5, 0.6) is 0 Å². The predicted octanol–water partition coefficient (Wildman–Crippen LogP) is 3.02. The standard InChI is InChI=1S/C15H21FN4/c1-3-14(4-2)20-6-5-13(19-20)8-15(17)11-7-12(16)10-18-9-11/h5-7,9-10,14-15H,3-4,8,17H2,1-2H3. The second-order valence-corrected chi connectivity index (χ2v) is 5.00. The summed E-state index contributed by atoms with van der Waals surface area (Å²) >= 11 is 0. The molecule has 0 bridgehead atoms. The maximum atomic E-state index is 13.1. The normalized spacial score (nSPS) is 12.8. The maximum absolute atomic E-state index is 13.1. The lowest BCUT2D eigenvalue weighted by Gasteiger charge is -2.13. The molecule has 2 heterocycles. The summed E-state index contributed by atoms with van der Waals surface area (Å²) in [4.78, 5) is 3.83. The van der Waals surface area contributed by atoms with Crippen LogP contribution in [-0.2, 0) is 6.42 Å². The van der Waals surface area contributed by atoms with E-state index in [4.69, 9.17) is 5.73 Å². The molecule has 0 aliphatic carbocycles. The van der Waals surface area contributed by atoms with Gasteiger partial charge in [-0.05, 0) is 30.5 Å². The molecular weight excluding hydrogens is 255 g/mol. The van der Waals surface area contributed by atoms with Gasteiger partial charge in [-0.25, -0.2) is 4.39 Å². The number of nitrogens with zero attached hydrogens (tertiary/aromatic N) is 3. The monoisotopic (exact) mass is 276 g/mol. The van der Waals surface area contributed by atoms with Gasteiger partial charge in [-0.2, -0.15) is 5.10 Å². The van der Waals surface area contributed by atoms with E-state index in [1.807, 2.05) is 16.9 Å². The first-order valence-electron chi connectivity index (χ1n) is 7.04. The molecule has 2 aromatic heterocycles. The Bertz CT molecular complexity index is 548. The highest BCUT2D eigenvalue weighted by Gasteiger charge is 2.12. The molecule has 0 aliphatic heterocycles. The Morgan fingerprint density at radius 1 is 1.30 bits per heavy atom. The van der Waals surface area contributed by atoms with Crippen molar-refractivity contribution in [3.05, 3.63) is 47.8 Å². The Labute approximate surface area is 118 Å². The molecule has 1 atom stereocenters. The first-order chi connectivity index (χ1) is 9.63. The lowest BCUT2D eigenvalue weighted by atomic mass is 10.1. The zero-order valence-electron chi connectivity index (χ0n) is 12.0. The van der Waals surface area contributed by atoms with E-state index >= 15 is 0 Å². The van der Waals surface area contributed by atoms with Gasteiger partial charge in [0.25, 0.3) is 0 Å². The number of hydrogen-bond acceptors (Lipinski definition) is 3. The Hall–Kier alpha value is -1.75. The summed E-state index contributed by atoms with van der Waals surface area (Å²) in [6, 6.07) is 3.54. The van der Waals surface area contributed by atoms with Crippen LogP contribution in [0.2, 0.25) is 0 Å². The molecule has 4 nitrogen and oxygen atoms in total. The fourth-order valence-electron chi connectivity index (χ4n) is 2.33. The average Bonchev–Trinajstić information content (AvgIpc) is 2.88. The Morgan fingerprint density at radius 3 is 2.70 bits per heavy atom. The molecule has 0 fully saturated rings. The second kappa shape index (κ2) is 6.61. The molecule has 5 heteroatoms. The third kappa shape index (κ3) is 3.42. The summed E-state index contributed by atoms with van der Waals surface area (Å²) in [7, 11) is 0. The molecule has 0 aliphatic rings. The van der Waals surface area contributed by atoms with Gasteiger partial charge in [-0.1, -0.05) is 13.8 Å². The second-order valence-electron chi connectivity index (χ2n) is 5.00. The Balaban J connectivity index is 2.06. The smallest absolute Gasteiger partial charge is 0.141 e. The van der Waals surface area contributed by atoms with Crippen LogP contribution in [0.25, 0.3) is 0 Å². The van der Waals surface area contributed by atoms with E-state index in [0.29, 0.717) is 18.0 Å². The zero-order valence-corrected chi connectivity index (χ0v) is 12.0. The summed E-state index contributed by atoms with van der Waals surface area (Å²) < 4.78 is 15.1. The quantitative estimate of drug-likeness (QED) is 0.882. The van der Waals surface area contributed by atoms with Gasteiger partial charge in [0.1, 0.15) is 5.82 Å². The molecule has 0 amide bonds. The average molecular weight is 276 g/mol. The predicted molar refractivity (Wildman–Crippen MR) is 76.7 cm³/mol. The van der Waals surface area contributed by atoms with Gasteiger partial charge in [0.05, 0.1) is 17.9 Å². The van der Waals surface area contributed by atoms with Crippen molar-refractivity contribution >= 4 is 0 Å². The van der Waals surface area contributed by atoms with Crippen molar-refractivity contribution < 1.29 is 4.39 Å².